The SMILES string of the molecule is O=C(NC1CCSC1)c1cnc2c(c1)ncn2Cc1cccnc1. The zero-order chi connectivity index (χ0) is 16.4. The molecule has 1 fully saturated rings. The number of hydrogen-bond acceptors (Lipinski definition) is 5. The standard InChI is InChI=1S/C17H17N5OS/c23-17(21-14-3-5-24-10-14)13-6-15-16(19-8-13)22(11-20-15)9-12-2-1-4-18-7-12/h1-2,4,6-8,11,14H,3,5,9-10H2,(H,21,23). The van der Waals surface area contributed by atoms with Gasteiger partial charge in [0.2, 0.25) is 0 Å². The molecular weight excluding hydrogens is 322 g/mol. The highest BCUT2D eigenvalue weighted by molar-refractivity contribution is 7.99. The van der Waals surface area contributed by atoms with E-state index in [0.29, 0.717) is 12.1 Å². The van der Waals surface area contributed by atoms with Crippen molar-refractivity contribution < 1.29 is 4.79 Å². The fourth-order valence-corrected chi connectivity index (χ4v) is 3.95. The number of hydrogen-bond donors (Lipinski definition) is 1. The molecule has 0 aliphatic carbocycles. The van der Waals surface area contributed by atoms with Crippen molar-refractivity contribution in [1.82, 2.24) is 24.8 Å². The Morgan fingerprint density at radius 2 is 2.33 bits per heavy atom. The molecule has 1 aliphatic rings. The minimum absolute atomic E-state index is 0.0706. The first-order valence-electron chi connectivity index (χ1n) is 7.88. The summed E-state index contributed by atoms with van der Waals surface area (Å²) in [7, 11) is 0. The van der Waals surface area contributed by atoms with Gasteiger partial charge in [-0.15, -0.1) is 0 Å². The number of thioether (sulfide) groups is 1. The lowest BCUT2D eigenvalue weighted by molar-refractivity contribution is 0.0941. The number of nitrogens with zero attached hydrogens (tertiary/aromatic N) is 4. The highest BCUT2D eigenvalue weighted by Crippen LogP contribution is 2.18. The van der Waals surface area contributed by atoms with Crippen LogP contribution in [0.15, 0.2) is 43.1 Å². The number of imidazole rings is 1. The lowest BCUT2D eigenvalue weighted by Crippen LogP contribution is -2.34. The van der Waals surface area contributed by atoms with Crippen LogP contribution in [0.3, 0.4) is 0 Å². The first-order chi connectivity index (χ1) is 11.8. The van der Waals surface area contributed by atoms with Crippen LogP contribution in [-0.2, 0) is 6.54 Å². The molecular formula is C17H17N5OS. The summed E-state index contributed by atoms with van der Waals surface area (Å²) in [5, 5.41) is 3.06. The van der Waals surface area contributed by atoms with E-state index in [0.717, 1.165) is 34.7 Å². The predicted molar refractivity (Wildman–Crippen MR) is 94.1 cm³/mol. The third-order valence-electron chi connectivity index (χ3n) is 4.06. The molecule has 1 N–H and O–H groups in total. The molecule has 3 aromatic heterocycles. The summed E-state index contributed by atoms with van der Waals surface area (Å²) >= 11 is 1.87. The number of pyridine rings is 2. The largest absolute Gasteiger partial charge is 0.348 e. The number of fused-ring (bicyclic) bond motifs is 1. The maximum absolute atomic E-state index is 12.3. The van der Waals surface area contributed by atoms with Crippen LogP contribution in [0.4, 0.5) is 0 Å². The molecule has 0 bridgehead atoms. The maximum Gasteiger partial charge on any atom is 0.253 e. The normalized spacial score (nSPS) is 17.2. The van der Waals surface area contributed by atoms with E-state index in [1.165, 1.54) is 0 Å². The van der Waals surface area contributed by atoms with E-state index in [9.17, 15) is 4.79 Å². The van der Waals surface area contributed by atoms with Gasteiger partial charge in [0.05, 0.1) is 18.4 Å². The van der Waals surface area contributed by atoms with Crippen molar-refractivity contribution in [2.45, 2.75) is 19.0 Å². The minimum atomic E-state index is -0.0706. The molecule has 6 nitrogen and oxygen atoms in total. The molecule has 24 heavy (non-hydrogen) atoms. The summed E-state index contributed by atoms with van der Waals surface area (Å²) in [5.41, 5.74) is 3.14. The number of rotatable bonds is 4. The summed E-state index contributed by atoms with van der Waals surface area (Å²) in [6.45, 7) is 0.655. The van der Waals surface area contributed by atoms with Gasteiger partial charge in [0.25, 0.3) is 5.91 Å². The molecule has 1 aliphatic heterocycles. The molecule has 4 rings (SSSR count). The van der Waals surface area contributed by atoms with E-state index >= 15 is 0 Å². The second-order valence-corrected chi connectivity index (χ2v) is 6.98. The Morgan fingerprint density at radius 1 is 1.38 bits per heavy atom. The van der Waals surface area contributed by atoms with Gasteiger partial charge in [-0.1, -0.05) is 6.07 Å². The van der Waals surface area contributed by atoms with Gasteiger partial charge in [0.15, 0.2) is 5.65 Å². The quantitative estimate of drug-likeness (QED) is 0.788. The zero-order valence-corrected chi connectivity index (χ0v) is 13.9. The van der Waals surface area contributed by atoms with Crippen molar-refractivity contribution in [3.05, 3.63) is 54.2 Å². The van der Waals surface area contributed by atoms with Crippen LogP contribution in [-0.4, -0.2) is 43.0 Å². The second kappa shape index (κ2) is 6.60. The molecule has 4 heterocycles. The summed E-state index contributed by atoms with van der Waals surface area (Å²) < 4.78 is 1.96. The number of nitrogens with one attached hydrogen (secondary N) is 1. The molecule has 3 aromatic rings. The Labute approximate surface area is 143 Å². The summed E-state index contributed by atoms with van der Waals surface area (Å²) in [5.74, 6) is 2.03. The van der Waals surface area contributed by atoms with Crippen molar-refractivity contribution in [1.29, 1.82) is 0 Å². The first-order valence-corrected chi connectivity index (χ1v) is 9.03. The third-order valence-corrected chi connectivity index (χ3v) is 5.22. The van der Waals surface area contributed by atoms with Gasteiger partial charge in [0, 0.05) is 30.4 Å². The van der Waals surface area contributed by atoms with Crippen LogP contribution < -0.4 is 5.32 Å². The lowest BCUT2D eigenvalue weighted by atomic mass is 10.2. The number of carbonyl (C=O) groups is 1. The van der Waals surface area contributed by atoms with Gasteiger partial charge >= 0.3 is 0 Å². The van der Waals surface area contributed by atoms with Crippen LogP contribution >= 0.6 is 11.8 Å². The average Bonchev–Trinajstić information content (AvgIpc) is 3.25. The topological polar surface area (TPSA) is 72.7 Å². The van der Waals surface area contributed by atoms with Crippen LogP contribution in [0, 0.1) is 0 Å². The Bertz CT molecular complexity index is 858. The summed E-state index contributed by atoms with van der Waals surface area (Å²) in [4.78, 5) is 25.3. The zero-order valence-electron chi connectivity index (χ0n) is 13.1. The predicted octanol–water partition coefficient (Wildman–Crippen LogP) is 2.11. The Kier molecular flexibility index (Phi) is 4.17. The number of amides is 1. The van der Waals surface area contributed by atoms with Gasteiger partial charge < -0.3 is 9.88 Å². The number of carbonyl (C=O) groups excluding carboxylic acids is 1. The molecule has 0 aromatic carbocycles. The van der Waals surface area contributed by atoms with E-state index in [1.54, 1.807) is 24.8 Å². The van der Waals surface area contributed by atoms with Gasteiger partial charge in [-0.2, -0.15) is 11.8 Å². The minimum Gasteiger partial charge on any atom is -0.348 e. The Hall–Kier alpha value is -2.41. The van der Waals surface area contributed by atoms with Crippen LogP contribution in [0.1, 0.15) is 22.3 Å². The van der Waals surface area contributed by atoms with Gasteiger partial charge in [-0.25, -0.2) is 9.97 Å². The van der Waals surface area contributed by atoms with E-state index in [1.807, 2.05) is 34.7 Å². The van der Waals surface area contributed by atoms with Crippen LogP contribution in [0.5, 0.6) is 0 Å². The second-order valence-electron chi connectivity index (χ2n) is 5.83. The van der Waals surface area contributed by atoms with E-state index in [4.69, 9.17) is 0 Å². The fourth-order valence-electron chi connectivity index (χ4n) is 2.79. The van der Waals surface area contributed by atoms with E-state index < -0.39 is 0 Å². The monoisotopic (exact) mass is 339 g/mol. The van der Waals surface area contributed by atoms with Gasteiger partial charge in [-0.05, 0) is 29.9 Å². The van der Waals surface area contributed by atoms with Crippen molar-refractivity contribution in [2.75, 3.05) is 11.5 Å². The molecule has 1 amide bonds. The highest BCUT2D eigenvalue weighted by atomic mass is 32.2. The molecule has 1 atom stereocenters. The smallest absolute Gasteiger partial charge is 0.253 e. The highest BCUT2D eigenvalue weighted by Gasteiger charge is 2.19. The molecule has 0 spiro atoms. The van der Waals surface area contributed by atoms with E-state index in [2.05, 4.69) is 20.3 Å². The molecule has 1 saturated heterocycles. The first kappa shape index (κ1) is 15.1. The molecule has 1 unspecified atom stereocenters. The lowest BCUT2D eigenvalue weighted by Gasteiger charge is -2.11. The fraction of sp³-hybridized carbons (Fsp3) is 0.294. The van der Waals surface area contributed by atoms with Gasteiger partial charge in [0.1, 0.15) is 5.52 Å². The average molecular weight is 339 g/mol. The Balaban J connectivity index is 1.55. The van der Waals surface area contributed by atoms with Gasteiger partial charge in [-0.3, -0.25) is 9.78 Å². The van der Waals surface area contributed by atoms with Crippen molar-refractivity contribution in [3.63, 3.8) is 0 Å². The van der Waals surface area contributed by atoms with Crippen LogP contribution in [0.2, 0.25) is 0 Å². The van der Waals surface area contributed by atoms with E-state index in [-0.39, 0.29) is 11.9 Å². The molecule has 0 radical (unpaired) electrons. The summed E-state index contributed by atoms with van der Waals surface area (Å²) in [6, 6.07) is 5.99. The number of aromatic nitrogens is 4. The molecule has 0 saturated carbocycles. The molecule has 7 heteroatoms. The van der Waals surface area contributed by atoms with Crippen molar-refractivity contribution in [2.24, 2.45) is 0 Å². The van der Waals surface area contributed by atoms with Crippen LogP contribution in [0.25, 0.3) is 11.2 Å². The van der Waals surface area contributed by atoms with Crippen molar-refractivity contribution >= 4 is 28.8 Å². The third kappa shape index (κ3) is 3.12. The Morgan fingerprint density at radius 3 is 3.12 bits per heavy atom. The molecule has 122 valence electrons. The van der Waals surface area contributed by atoms with Crippen molar-refractivity contribution in [3.8, 4) is 0 Å². The summed E-state index contributed by atoms with van der Waals surface area (Å²) in [6.07, 6.45) is 7.99. The maximum atomic E-state index is 12.3.